The zero-order chi connectivity index (χ0) is 11.1. The van der Waals surface area contributed by atoms with Crippen molar-refractivity contribution < 1.29 is 0 Å². The van der Waals surface area contributed by atoms with Crippen LogP contribution in [0.15, 0.2) is 40.9 Å². The fraction of sp³-hybridized carbons (Fsp3) is 0.0769. The Hall–Kier alpha value is -1.48. The Morgan fingerprint density at radius 2 is 1.81 bits per heavy atom. The minimum atomic E-state index is 0.924. The molecule has 1 heterocycles. The highest BCUT2D eigenvalue weighted by Gasteiger charge is 2.03. The zero-order valence-electron chi connectivity index (χ0n) is 8.74. The van der Waals surface area contributed by atoms with Crippen LogP contribution in [0.25, 0.3) is 22.1 Å². The summed E-state index contributed by atoms with van der Waals surface area (Å²) in [7, 11) is 0. The van der Waals surface area contributed by atoms with Gasteiger partial charge in [-0.1, -0.05) is 28.1 Å². The summed E-state index contributed by atoms with van der Waals surface area (Å²) < 4.78 is 1.03. The minimum absolute atomic E-state index is 0.924. The van der Waals surface area contributed by atoms with Crippen LogP contribution in [0.4, 0.5) is 0 Å². The van der Waals surface area contributed by atoms with Gasteiger partial charge in [-0.2, -0.15) is 0 Å². The second-order valence-corrected chi connectivity index (χ2v) is 4.71. The summed E-state index contributed by atoms with van der Waals surface area (Å²) in [6, 6.07) is 12.0. The summed E-state index contributed by atoms with van der Waals surface area (Å²) >= 11 is 3.44. The standard InChI is InChI=1S/C13H9BrN2/c1-8-3-2-4-11-13(8)16-10-6-5-9(14)7-12(10)15-11/h2-7H,1H3. The van der Waals surface area contributed by atoms with Crippen molar-refractivity contribution in [2.24, 2.45) is 0 Å². The Morgan fingerprint density at radius 1 is 0.938 bits per heavy atom. The smallest absolute Gasteiger partial charge is 0.0923 e. The summed E-state index contributed by atoms with van der Waals surface area (Å²) in [5, 5.41) is 0. The molecule has 3 heteroatoms. The quantitative estimate of drug-likeness (QED) is 0.581. The molecule has 3 rings (SSSR count). The van der Waals surface area contributed by atoms with Crippen LogP contribution in [0.3, 0.4) is 0 Å². The van der Waals surface area contributed by atoms with E-state index in [4.69, 9.17) is 0 Å². The normalized spacial score (nSPS) is 11.1. The minimum Gasteiger partial charge on any atom is -0.244 e. The predicted octanol–water partition coefficient (Wildman–Crippen LogP) is 3.85. The topological polar surface area (TPSA) is 25.8 Å². The summed E-state index contributed by atoms with van der Waals surface area (Å²) in [6.07, 6.45) is 0. The number of hydrogen-bond donors (Lipinski definition) is 0. The molecule has 16 heavy (non-hydrogen) atoms. The van der Waals surface area contributed by atoms with Gasteiger partial charge in [-0.15, -0.1) is 0 Å². The number of nitrogens with zero attached hydrogens (tertiary/aromatic N) is 2. The van der Waals surface area contributed by atoms with Crippen LogP contribution in [0.5, 0.6) is 0 Å². The van der Waals surface area contributed by atoms with Crippen LogP contribution in [0, 0.1) is 6.92 Å². The van der Waals surface area contributed by atoms with Gasteiger partial charge in [-0.25, -0.2) is 9.97 Å². The molecule has 0 amide bonds. The van der Waals surface area contributed by atoms with Gasteiger partial charge in [-0.05, 0) is 36.8 Å². The van der Waals surface area contributed by atoms with Crippen molar-refractivity contribution in [1.82, 2.24) is 9.97 Å². The first-order valence-electron chi connectivity index (χ1n) is 5.07. The van der Waals surface area contributed by atoms with Crippen molar-refractivity contribution in [2.75, 3.05) is 0 Å². The van der Waals surface area contributed by atoms with Gasteiger partial charge in [0.05, 0.1) is 22.1 Å². The Labute approximate surface area is 101 Å². The van der Waals surface area contributed by atoms with Crippen LogP contribution in [-0.4, -0.2) is 9.97 Å². The van der Waals surface area contributed by atoms with Gasteiger partial charge in [0, 0.05) is 4.47 Å². The molecule has 0 fully saturated rings. The molecule has 0 aliphatic heterocycles. The highest BCUT2D eigenvalue weighted by Crippen LogP contribution is 2.21. The zero-order valence-corrected chi connectivity index (χ0v) is 10.3. The number of halogens is 1. The van der Waals surface area contributed by atoms with Gasteiger partial charge >= 0.3 is 0 Å². The molecule has 0 atom stereocenters. The maximum atomic E-state index is 4.64. The van der Waals surface area contributed by atoms with Gasteiger partial charge in [0.25, 0.3) is 0 Å². The van der Waals surface area contributed by atoms with Crippen LogP contribution in [0.2, 0.25) is 0 Å². The third-order valence-corrected chi connectivity index (χ3v) is 3.12. The SMILES string of the molecule is Cc1cccc2nc3cc(Br)ccc3nc12. The largest absolute Gasteiger partial charge is 0.244 e. The number of fused-ring (bicyclic) bond motifs is 2. The van der Waals surface area contributed by atoms with E-state index in [9.17, 15) is 0 Å². The summed E-state index contributed by atoms with van der Waals surface area (Å²) in [6.45, 7) is 2.06. The van der Waals surface area contributed by atoms with Crippen LogP contribution >= 0.6 is 15.9 Å². The van der Waals surface area contributed by atoms with Crippen molar-refractivity contribution in [3.8, 4) is 0 Å². The lowest BCUT2D eigenvalue weighted by molar-refractivity contribution is 1.35. The third kappa shape index (κ3) is 1.48. The van der Waals surface area contributed by atoms with E-state index in [0.717, 1.165) is 32.1 Å². The molecule has 1 aromatic heterocycles. The molecule has 0 N–H and O–H groups in total. The van der Waals surface area contributed by atoms with Gasteiger partial charge in [0.1, 0.15) is 0 Å². The van der Waals surface area contributed by atoms with Gasteiger partial charge in [0.15, 0.2) is 0 Å². The van der Waals surface area contributed by atoms with Crippen molar-refractivity contribution >= 4 is 38.0 Å². The number of benzene rings is 2. The fourth-order valence-electron chi connectivity index (χ4n) is 1.81. The van der Waals surface area contributed by atoms with Crippen molar-refractivity contribution in [3.05, 3.63) is 46.4 Å². The highest BCUT2D eigenvalue weighted by molar-refractivity contribution is 9.10. The van der Waals surface area contributed by atoms with Crippen molar-refractivity contribution in [2.45, 2.75) is 6.92 Å². The first-order chi connectivity index (χ1) is 7.74. The molecule has 0 radical (unpaired) electrons. The van der Waals surface area contributed by atoms with E-state index in [1.54, 1.807) is 0 Å². The molecular formula is C13H9BrN2. The molecule has 0 unspecified atom stereocenters. The van der Waals surface area contributed by atoms with E-state index in [1.165, 1.54) is 0 Å². The number of aromatic nitrogens is 2. The number of para-hydroxylation sites is 1. The molecule has 0 spiro atoms. The molecule has 2 nitrogen and oxygen atoms in total. The summed E-state index contributed by atoms with van der Waals surface area (Å²) in [4.78, 5) is 9.24. The Kier molecular flexibility index (Phi) is 2.14. The molecule has 0 bridgehead atoms. The molecule has 0 aliphatic rings. The average Bonchev–Trinajstić information content (AvgIpc) is 2.27. The van der Waals surface area contributed by atoms with Gasteiger partial charge in [-0.3, -0.25) is 0 Å². The van der Waals surface area contributed by atoms with E-state index >= 15 is 0 Å². The number of aryl methyl sites for hydroxylation is 1. The molecule has 0 saturated heterocycles. The third-order valence-electron chi connectivity index (χ3n) is 2.63. The molecule has 0 aliphatic carbocycles. The van der Waals surface area contributed by atoms with E-state index < -0.39 is 0 Å². The molecule has 0 saturated carbocycles. The molecule has 2 aromatic carbocycles. The fourth-order valence-corrected chi connectivity index (χ4v) is 2.16. The Balaban J connectivity index is 2.49. The first kappa shape index (κ1) is 9.73. The van der Waals surface area contributed by atoms with Crippen molar-refractivity contribution in [1.29, 1.82) is 0 Å². The van der Waals surface area contributed by atoms with E-state index in [2.05, 4.69) is 38.9 Å². The van der Waals surface area contributed by atoms with Crippen LogP contribution in [0.1, 0.15) is 5.56 Å². The first-order valence-corrected chi connectivity index (χ1v) is 5.86. The molecular weight excluding hydrogens is 264 g/mol. The summed E-state index contributed by atoms with van der Waals surface area (Å²) in [5.74, 6) is 0. The second-order valence-electron chi connectivity index (χ2n) is 3.80. The maximum Gasteiger partial charge on any atom is 0.0923 e. The van der Waals surface area contributed by atoms with E-state index in [-0.39, 0.29) is 0 Å². The molecule has 78 valence electrons. The highest BCUT2D eigenvalue weighted by atomic mass is 79.9. The summed E-state index contributed by atoms with van der Waals surface area (Å²) in [5.41, 5.74) is 4.95. The monoisotopic (exact) mass is 272 g/mol. The lowest BCUT2D eigenvalue weighted by Crippen LogP contribution is -1.89. The second kappa shape index (κ2) is 3.52. The van der Waals surface area contributed by atoms with Gasteiger partial charge < -0.3 is 0 Å². The lowest BCUT2D eigenvalue weighted by Gasteiger charge is -2.03. The Morgan fingerprint density at radius 3 is 2.69 bits per heavy atom. The van der Waals surface area contributed by atoms with Gasteiger partial charge in [0.2, 0.25) is 0 Å². The van der Waals surface area contributed by atoms with E-state index in [0.29, 0.717) is 0 Å². The van der Waals surface area contributed by atoms with Crippen LogP contribution in [-0.2, 0) is 0 Å². The van der Waals surface area contributed by atoms with E-state index in [1.807, 2.05) is 30.3 Å². The number of hydrogen-bond acceptors (Lipinski definition) is 2. The average molecular weight is 273 g/mol. The van der Waals surface area contributed by atoms with Crippen LogP contribution < -0.4 is 0 Å². The Bertz CT molecular complexity index is 691. The predicted molar refractivity (Wildman–Crippen MR) is 69.5 cm³/mol. The number of rotatable bonds is 0. The maximum absolute atomic E-state index is 4.64. The lowest BCUT2D eigenvalue weighted by atomic mass is 10.2. The van der Waals surface area contributed by atoms with Crippen molar-refractivity contribution in [3.63, 3.8) is 0 Å². The molecule has 3 aromatic rings.